The van der Waals surface area contributed by atoms with Gasteiger partial charge in [-0.2, -0.15) is 9.78 Å². The number of fused-ring (bicyclic) bond motifs is 3. The molecule has 16 heavy (non-hydrogen) atoms. The van der Waals surface area contributed by atoms with Crippen LogP contribution in [-0.4, -0.2) is 15.8 Å². The Morgan fingerprint density at radius 3 is 2.69 bits per heavy atom. The Bertz CT molecular complexity index is 700. The first-order valence-electron chi connectivity index (χ1n) is 4.92. The minimum atomic E-state index is -0.569. The van der Waals surface area contributed by atoms with E-state index < -0.39 is 6.03 Å². The first-order valence-corrected chi connectivity index (χ1v) is 4.92. The van der Waals surface area contributed by atoms with Crippen molar-refractivity contribution < 1.29 is 4.79 Å². The van der Waals surface area contributed by atoms with Crippen molar-refractivity contribution in [2.75, 3.05) is 0 Å². The third-order valence-electron chi connectivity index (χ3n) is 2.63. The van der Waals surface area contributed by atoms with Gasteiger partial charge in [0.15, 0.2) is 0 Å². The third kappa shape index (κ3) is 1.16. The highest BCUT2D eigenvalue weighted by Gasteiger charge is 2.07. The molecule has 3 aromatic rings. The highest BCUT2D eigenvalue weighted by atomic mass is 16.2. The molecule has 1 heterocycles. The van der Waals surface area contributed by atoms with E-state index in [1.807, 2.05) is 36.4 Å². The lowest BCUT2D eigenvalue weighted by molar-refractivity contribution is 0.248. The Balaban J connectivity index is 2.46. The average Bonchev–Trinajstić information content (AvgIpc) is 2.73. The fourth-order valence-electron chi connectivity index (χ4n) is 1.87. The molecule has 0 fully saturated rings. The van der Waals surface area contributed by atoms with E-state index in [9.17, 15) is 4.79 Å². The first kappa shape index (κ1) is 8.91. The van der Waals surface area contributed by atoms with E-state index in [0.717, 1.165) is 26.4 Å². The molecule has 4 heteroatoms. The molecule has 0 aliphatic heterocycles. The van der Waals surface area contributed by atoms with Gasteiger partial charge < -0.3 is 5.73 Å². The van der Waals surface area contributed by atoms with E-state index in [1.165, 1.54) is 0 Å². The van der Waals surface area contributed by atoms with Crippen LogP contribution < -0.4 is 5.73 Å². The van der Waals surface area contributed by atoms with Crippen molar-refractivity contribution in [1.82, 2.24) is 9.78 Å². The monoisotopic (exact) mass is 211 g/mol. The number of hydrogen-bond acceptors (Lipinski definition) is 2. The quantitative estimate of drug-likeness (QED) is 0.619. The van der Waals surface area contributed by atoms with Crippen LogP contribution in [0.25, 0.3) is 21.7 Å². The minimum Gasteiger partial charge on any atom is -0.350 e. The smallest absolute Gasteiger partial charge is 0.339 e. The zero-order chi connectivity index (χ0) is 11.1. The highest BCUT2D eigenvalue weighted by molar-refractivity contribution is 6.05. The summed E-state index contributed by atoms with van der Waals surface area (Å²) in [5.41, 5.74) is 5.99. The van der Waals surface area contributed by atoms with E-state index in [0.29, 0.717) is 0 Å². The van der Waals surface area contributed by atoms with Crippen LogP contribution in [0, 0.1) is 0 Å². The predicted octanol–water partition coefficient (Wildman–Crippen LogP) is 2.12. The Labute approximate surface area is 91.3 Å². The molecule has 0 unspecified atom stereocenters. The number of benzene rings is 2. The summed E-state index contributed by atoms with van der Waals surface area (Å²) in [6, 6.07) is 11.3. The SMILES string of the molecule is NC(=O)n1cc2ccc3ccccc3c2n1. The summed E-state index contributed by atoms with van der Waals surface area (Å²) in [6.07, 6.45) is 1.64. The second-order valence-electron chi connectivity index (χ2n) is 3.64. The minimum absolute atomic E-state index is 0.569. The number of carbonyl (C=O) groups excluding carboxylic acids is 1. The largest absolute Gasteiger partial charge is 0.350 e. The van der Waals surface area contributed by atoms with Crippen LogP contribution in [0.2, 0.25) is 0 Å². The summed E-state index contributed by atoms with van der Waals surface area (Å²) < 4.78 is 1.16. The van der Waals surface area contributed by atoms with Crippen LogP contribution in [-0.2, 0) is 0 Å². The Morgan fingerprint density at radius 2 is 1.88 bits per heavy atom. The van der Waals surface area contributed by atoms with Crippen LogP contribution >= 0.6 is 0 Å². The summed E-state index contributed by atoms with van der Waals surface area (Å²) in [4.78, 5) is 11.0. The average molecular weight is 211 g/mol. The number of nitrogens with two attached hydrogens (primary N) is 1. The molecule has 0 spiro atoms. The summed E-state index contributed by atoms with van der Waals surface area (Å²) in [5.74, 6) is 0. The van der Waals surface area contributed by atoms with Crippen molar-refractivity contribution in [2.45, 2.75) is 0 Å². The number of rotatable bonds is 0. The van der Waals surface area contributed by atoms with Gasteiger partial charge in [0.05, 0.1) is 0 Å². The molecule has 1 amide bonds. The maximum Gasteiger partial charge on any atom is 0.339 e. The number of aromatic nitrogens is 2. The molecule has 0 saturated heterocycles. The molecule has 1 aromatic heterocycles. The molecule has 78 valence electrons. The van der Waals surface area contributed by atoms with Crippen LogP contribution in [0.15, 0.2) is 42.6 Å². The zero-order valence-corrected chi connectivity index (χ0v) is 8.42. The van der Waals surface area contributed by atoms with Crippen LogP contribution in [0.4, 0.5) is 4.79 Å². The summed E-state index contributed by atoms with van der Waals surface area (Å²) in [7, 11) is 0. The number of hydrogen-bond donors (Lipinski definition) is 1. The molecule has 2 N–H and O–H groups in total. The van der Waals surface area contributed by atoms with Crippen molar-refractivity contribution in [1.29, 1.82) is 0 Å². The summed E-state index contributed by atoms with van der Waals surface area (Å²) in [5, 5.41) is 7.23. The summed E-state index contributed by atoms with van der Waals surface area (Å²) in [6.45, 7) is 0. The first-order chi connectivity index (χ1) is 7.75. The van der Waals surface area contributed by atoms with Crippen molar-refractivity contribution in [3.05, 3.63) is 42.6 Å². The van der Waals surface area contributed by atoms with Gasteiger partial charge in [0.25, 0.3) is 0 Å². The predicted molar refractivity (Wildman–Crippen MR) is 62.2 cm³/mol. The van der Waals surface area contributed by atoms with E-state index >= 15 is 0 Å². The van der Waals surface area contributed by atoms with Gasteiger partial charge in [0.2, 0.25) is 0 Å². The molecule has 0 atom stereocenters. The van der Waals surface area contributed by atoms with Gasteiger partial charge in [-0.05, 0) is 5.39 Å². The molecule has 4 nitrogen and oxygen atoms in total. The molecule has 0 aliphatic carbocycles. The van der Waals surface area contributed by atoms with Gasteiger partial charge in [-0.1, -0.05) is 36.4 Å². The van der Waals surface area contributed by atoms with Gasteiger partial charge in [-0.15, -0.1) is 0 Å². The number of primary amides is 1. The second kappa shape index (κ2) is 3.06. The van der Waals surface area contributed by atoms with E-state index in [1.54, 1.807) is 6.20 Å². The topological polar surface area (TPSA) is 60.9 Å². The third-order valence-corrected chi connectivity index (χ3v) is 2.63. The van der Waals surface area contributed by atoms with Crippen LogP contribution in [0.3, 0.4) is 0 Å². The van der Waals surface area contributed by atoms with E-state index in [-0.39, 0.29) is 0 Å². The van der Waals surface area contributed by atoms with Crippen molar-refractivity contribution in [3.8, 4) is 0 Å². The molecule has 0 bridgehead atoms. The van der Waals surface area contributed by atoms with E-state index in [2.05, 4.69) is 5.10 Å². The van der Waals surface area contributed by atoms with Crippen LogP contribution in [0.5, 0.6) is 0 Å². The fraction of sp³-hybridized carbons (Fsp3) is 0. The second-order valence-corrected chi connectivity index (χ2v) is 3.64. The van der Waals surface area contributed by atoms with Gasteiger partial charge in [-0.3, -0.25) is 0 Å². The van der Waals surface area contributed by atoms with Crippen molar-refractivity contribution in [2.24, 2.45) is 5.73 Å². The number of carbonyl (C=O) groups is 1. The van der Waals surface area contributed by atoms with Gasteiger partial charge in [0.1, 0.15) is 5.52 Å². The molecular formula is C12H9N3O. The normalized spacial score (nSPS) is 11.0. The van der Waals surface area contributed by atoms with Gasteiger partial charge >= 0.3 is 6.03 Å². The molecular weight excluding hydrogens is 202 g/mol. The molecule has 3 rings (SSSR count). The lowest BCUT2D eigenvalue weighted by Crippen LogP contribution is -2.19. The summed E-state index contributed by atoms with van der Waals surface area (Å²) >= 11 is 0. The zero-order valence-electron chi connectivity index (χ0n) is 8.42. The Hall–Kier alpha value is -2.36. The lowest BCUT2D eigenvalue weighted by atomic mass is 10.1. The standard InChI is InChI=1S/C12H9N3O/c13-12(16)15-7-9-6-5-8-3-1-2-4-10(8)11(9)14-15/h1-7H,(H2,13,16). The van der Waals surface area contributed by atoms with Crippen molar-refractivity contribution >= 4 is 27.7 Å². The van der Waals surface area contributed by atoms with Gasteiger partial charge in [0, 0.05) is 17.0 Å². The molecule has 2 aromatic carbocycles. The number of nitrogens with zero attached hydrogens (tertiary/aromatic N) is 2. The Morgan fingerprint density at radius 1 is 1.12 bits per heavy atom. The van der Waals surface area contributed by atoms with Crippen molar-refractivity contribution in [3.63, 3.8) is 0 Å². The van der Waals surface area contributed by atoms with E-state index in [4.69, 9.17) is 5.73 Å². The Kier molecular flexibility index (Phi) is 1.71. The lowest BCUT2D eigenvalue weighted by Gasteiger charge is -1.96. The highest BCUT2D eigenvalue weighted by Crippen LogP contribution is 2.23. The number of amides is 1. The fourth-order valence-corrected chi connectivity index (χ4v) is 1.87. The molecule has 0 radical (unpaired) electrons. The van der Waals surface area contributed by atoms with Gasteiger partial charge in [-0.25, -0.2) is 4.79 Å². The maximum absolute atomic E-state index is 11.0. The molecule has 0 saturated carbocycles. The molecule has 0 aliphatic rings. The van der Waals surface area contributed by atoms with Crippen LogP contribution in [0.1, 0.15) is 0 Å². The maximum atomic E-state index is 11.0.